The highest BCUT2D eigenvalue weighted by Gasteiger charge is 2.34. The highest BCUT2D eigenvalue weighted by Crippen LogP contribution is 2.28. The van der Waals surface area contributed by atoms with Gasteiger partial charge in [-0.25, -0.2) is 9.37 Å². The summed E-state index contributed by atoms with van der Waals surface area (Å²) in [7, 11) is 0. The Hall–Kier alpha value is -2.02. The third kappa shape index (κ3) is 3.58. The molecule has 2 atom stereocenters. The lowest BCUT2D eigenvalue weighted by atomic mass is 10.2. The number of fused-ring (bicyclic) bond motifs is 1. The van der Waals surface area contributed by atoms with Crippen LogP contribution in [-0.2, 0) is 4.79 Å². The van der Waals surface area contributed by atoms with Crippen LogP contribution in [-0.4, -0.2) is 24.0 Å². The molecular weight excluding hydrogens is 373 g/mol. The number of hydrogen-bond acceptors (Lipinski definition) is 3. The second-order valence-electron chi connectivity index (χ2n) is 6.47. The molecule has 1 amide bonds. The van der Waals surface area contributed by atoms with Crippen LogP contribution in [0.15, 0.2) is 42.5 Å². The van der Waals surface area contributed by atoms with E-state index in [2.05, 4.69) is 11.4 Å². The summed E-state index contributed by atoms with van der Waals surface area (Å²) in [6.07, 6.45) is 2.07. The lowest BCUT2D eigenvalue weighted by Gasteiger charge is -2.19. The predicted octanol–water partition coefficient (Wildman–Crippen LogP) is 3.45. The first kappa shape index (κ1) is 17.4. The number of halogens is 2. The van der Waals surface area contributed by atoms with Gasteiger partial charge in [-0.1, -0.05) is 23.7 Å². The molecule has 1 aliphatic heterocycles. The molecule has 2 heterocycles. The predicted molar refractivity (Wildman–Crippen MR) is 102 cm³/mol. The molecule has 26 heavy (non-hydrogen) atoms. The Morgan fingerprint density at radius 3 is 3.00 bits per heavy atom. The molecular formula is C19H18ClFN3OS+. The van der Waals surface area contributed by atoms with Crippen LogP contribution in [0.1, 0.15) is 23.9 Å². The maximum Gasteiger partial charge on any atom is 0.279 e. The Morgan fingerprint density at radius 2 is 2.19 bits per heavy atom. The van der Waals surface area contributed by atoms with Gasteiger partial charge in [0.1, 0.15) is 11.9 Å². The van der Waals surface area contributed by atoms with Crippen molar-refractivity contribution in [1.82, 2.24) is 4.98 Å². The second kappa shape index (κ2) is 7.31. The quantitative estimate of drug-likeness (QED) is 0.716. The largest absolute Gasteiger partial charge is 0.319 e. The van der Waals surface area contributed by atoms with Crippen molar-refractivity contribution in [2.45, 2.75) is 18.9 Å². The number of hydrogen-bond donors (Lipinski definition) is 2. The van der Waals surface area contributed by atoms with Crippen LogP contribution in [0.3, 0.4) is 0 Å². The van der Waals surface area contributed by atoms with E-state index in [0.717, 1.165) is 29.9 Å². The average molecular weight is 391 g/mol. The highest BCUT2D eigenvalue weighted by molar-refractivity contribution is 7.18. The molecule has 4 nitrogen and oxygen atoms in total. The van der Waals surface area contributed by atoms with E-state index in [-0.39, 0.29) is 17.6 Å². The number of amides is 1. The molecule has 0 spiro atoms. The first-order valence-electron chi connectivity index (χ1n) is 8.55. The fourth-order valence-electron chi connectivity index (χ4n) is 3.45. The normalized spacial score (nSPS) is 19.8. The molecule has 1 fully saturated rings. The zero-order valence-electron chi connectivity index (χ0n) is 14.0. The van der Waals surface area contributed by atoms with Crippen molar-refractivity contribution in [2.24, 2.45) is 0 Å². The summed E-state index contributed by atoms with van der Waals surface area (Å²) in [6, 6.07) is 12.5. The van der Waals surface area contributed by atoms with Crippen molar-refractivity contribution in [3.05, 3.63) is 58.3 Å². The number of anilines is 1. The maximum absolute atomic E-state index is 13.9. The van der Waals surface area contributed by atoms with Crippen LogP contribution in [0.4, 0.5) is 10.1 Å². The van der Waals surface area contributed by atoms with Gasteiger partial charge < -0.3 is 10.2 Å². The Kier molecular flexibility index (Phi) is 4.89. The molecule has 2 aromatic carbocycles. The Labute approximate surface area is 159 Å². The van der Waals surface area contributed by atoms with Crippen LogP contribution in [0.2, 0.25) is 5.02 Å². The van der Waals surface area contributed by atoms with E-state index in [0.29, 0.717) is 11.6 Å². The molecule has 0 saturated carbocycles. The molecule has 134 valence electrons. The summed E-state index contributed by atoms with van der Waals surface area (Å²) < 4.78 is 15.0. The van der Waals surface area contributed by atoms with E-state index < -0.39 is 5.82 Å². The number of likely N-dealkylation sites (tertiary alicyclic amines) is 1. The first-order chi connectivity index (χ1) is 12.6. The minimum absolute atomic E-state index is 0.162. The van der Waals surface area contributed by atoms with Gasteiger partial charge in [-0.15, -0.1) is 11.3 Å². The van der Waals surface area contributed by atoms with E-state index in [4.69, 9.17) is 16.6 Å². The van der Waals surface area contributed by atoms with Crippen LogP contribution < -0.4 is 10.2 Å². The molecule has 1 saturated heterocycles. The standard InChI is InChI=1S/C19H17ClFN3OS/c20-12-7-8-14(13(21)10-12)22-18(25)11-24-9-3-5-16(24)19-23-15-4-1-2-6-17(15)26-19/h1-2,4,6-8,10,16H,3,5,9,11H2,(H,22,25)/p+1/t16-/m1/s1. The molecule has 2 N–H and O–H groups in total. The van der Waals surface area contributed by atoms with Gasteiger partial charge in [-0.2, -0.15) is 0 Å². The van der Waals surface area contributed by atoms with Gasteiger partial charge in [0.05, 0.1) is 22.4 Å². The third-order valence-electron chi connectivity index (χ3n) is 4.68. The van der Waals surface area contributed by atoms with Gasteiger partial charge in [0.15, 0.2) is 11.6 Å². The van der Waals surface area contributed by atoms with E-state index in [1.807, 2.05) is 18.2 Å². The number of carbonyl (C=O) groups is 1. The number of benzene rings is 2. The van der Waals surface area contributed by atoms with Gasteiger partial charge in [0, 0.05) is 17.9 Å². The van der Waals surface area contributed by atoms with Crippen molar-refractivity contribution >= 4 is 44.7 Å². The molecule has 0 radical (unpaired) electrons. The number of nitrogens with one attached hydrogen (secondary N) is 2. The minimum Gasteiger partial charge on any atom is -0.319 e. The molecule has 1 aromatic heterocycles. The zero-order valence-corrected chi connectivity index (χ0v) is 15.5. The van der Waals surface area contributed by atoms with Crippen LogP contribution in [0.25, 0.3) is 10.2 Å². The molecule has 1 unspecified atom stereocenters. The Morgan fingerprint density at radius 1 is 1.35 bits per heavy atom. The molecule has 0 bridgehead atoms. The summed E-state index contributed by atoms with van der Waals surface area (Å²) in [5.41, 5.74) is 1.17. The third-order valence-corrected chi connectivity index (χ3v) is 6.07. The average Bonchev–Trinajstić information content (AvgIpc) is 3.23. The van der Waals surface area contributed by atoms with E-state index in [9.17, 15) is 9.18 Å². The monoisotopic (exact) mass is 390 g/mol. The first-order valence-corrected chi connectivity index (χ1v) is 9.74. The molecule has 0 aliphatic carbocycles. The Bertz CT molecular complexity index is 928. The molecule has 3 aromatic rings. The maximum atomic E-state index is 13.9. The SMILES string of the molecule is O=C(C[NH+]1CCC[C@@H]1c1nc2ccccc2s1)Nc1ccc(Cl)cc1F. The fraction of sp³-hybridized carbons (Fsp3) is 0.263. The van der Waals surface area contributed by atoms with Crippen molar-refractivity contribution in [1.29, 1.82) is 0 Å². The van der Waals surface area contributed by atoms with Gasteiger partial charge in [0.2, 0.25) is 0 Å². The number of carbonyl (C=O) groups excluding carboxylic acids is 1. The van der Waals surface area contributed by atoms with Crippen molar-refractivity contribution in [3.63, 3.8) is 0 Å². The highest BCUT2D eigenvalue weighted by atomic mass is 35.5. The van der Waals surface area contributed by atoms with Gasteiger partial charge in [0.25, 0.3) is 5.91 Å². The van der Waals surface area contributed by atoms with Crippen molar-refractivity contribution in [2.75, 3.05) is 18.4 Å². The van der Waals surface area contributed by atoms with E-state index in [1.54, 1.807) is 17.4 Å². The molecule has 4 rings (SSSR count). The Balaban J connectivity index is 1.47. The van der Waals surface area contributed by atoms with Crippen molar-refractivity contribution in [3.8, 4) is 0 Å². The van der Waals surface area contributed by atoms with Crippen LogP contribution in [0, 0.1) is 5.82 Å². The van der Waals surface area contributed by atoms with Gasteiger partial charge in [-0.05, 0) is 30.3 Å². The summed E-state index contributed by atoms with van der Waals surface area (Å²) in [5.74, 6) is -0.723. The number of rotatable bonds is 4. The molecule has 7 heteroatoms. The summed E-state index contributed by atoms with van der Waals surface area (Å²) >= 11 is 7.44. The second-order valence-corrected chi connectivity index (χ2v) is 7.97. The summed E-state index contributed by atoms with van der Waals surface area (Å²) in [5, 5.41) is 4.03. The molecule has 1 aliphatic rings. The number of aromatic nitrogens is 1. The summed E-state index contributed by atoms with van der Waals surface area (Å²) in [6.45, 7) is 1.21. The van der Waals surface area contributed by atoms with E-state index >= 15 is 0 Å². The zero-order chi connectivity index (χ0) is 18.1. The van der Waals surface area contributed by atoms with Gasteiger partial charge in [-0.3, -0.25) is 4.79 Å². The fourth-order valence-corrected chi connectivity index (χ4v) is 4.77. The lowest BCUT2D eigenvalue weighted by Crippen LogP contribution is -3.11. The number of quaternary nitrogens is 1. The summed E-state index contributed by atoms with van der Waals surface area (Å²) in [4.78, 5) is 18.3. The number of nitrogens with zero attached hydrogens (tertiary/aromatic N) is 1. The smallest absolute Gasteiger partial charge is 0.279 e. The van der Waals surface area contributed by atoms with Gasteiger partial charge >= 0.3 is 0 Å². The topological polar surface area (TPSA) is 46.4 Å². The number of thiazole rings is 1. The van der Waals surface area contributed by atoms with Crippen molar-refractivity contribution < 1.29 is 14.1 Å². The number of para-hydroxylation sites is 1. The minimum atomic E-state index is -0.523. The van der Waals surface area contributed by atoms with E-state index in [1.165, 1.54) is 21.7 Å². The lowest BCUT2D eigenvalue weighted by molar-refractivity contribution is -0.910. The van der Waals surface area contributed by atoms with Crippen LogP contribution in [0.5, 0.6) is 0 Å². The van der Waals surface area contributed by atoms with Crippen LogP contribution >= 0.6 is 22.9 Å².